The van der Waals surface area contributed by atoms with Gasteiger partial charge in [0.05, 0.1) is 39.0 Å². The highest BCUT2D eigenvalue weighted by Crippen LogP contribution is 2.41. The van der Waals surface area contributed by atoms with Crippen LogP contribution >= 0.6 is 0 Å². The fourth-order valence-corrected chi connectivity index (χ4v) is 3.53. The standard InChI is InChI=1S/C23H3F12N5/c24-20(25,26)15-1-9(2-16(13(15)7-39)21(27,28)29)12(6-38)18-14(8-40)19(23(33,34)35)11(10(4-36)5-37)3-17(18)22(30,31)32/h1-3H/b18-12-. The van der Waals surface area contributed by atoms with Gasteiger partial charge in [0.1, 0.15) is 35.9 Å². The van der Waals surface area contributed by atoms with Crippen LogP contribution in [0.2, 0.25) is 0 Å². The maximum absolute atomic E-state index is 14.0. The van der Waals surface area contributed by atoms with Gasteiger partial charge in [-0.2, -0.15) is 79.0 Å². The Labute approximate surface area is 213 Å². The van der Waals surface area contributed by atoms with Gasteiger partial charge in [-0.25, -0.2) is 0 Å². The summed E-state index contributed by atoms with van der Waals surface area (Å²) in [6.45, 7) is 0. The molecule has 40 heavy (non-hydrogen) atoms. The number of nitrogens with zero attached hydrogens (tertiary/aromatic N) is 5. The fourth-order valence-electron chi connectivity index (χ4n) is 3.53. The number of hydrogen-bond donors (Lipinski definition) is 0. The average molecular weight is 577 g/mol. The first-order chi connectivity index (χ1) is 18.2. The summed E-state index contributed by atoms with van der Waals surface area (Å²) in [6, 6.07) is 2.74. The summed E-state index contributed by atoms with van der Waals surface area (Å²) in [5.41, 5.74) is -18.9. The lowest BCUT2D eigenvalue weighted by Gasteiger charge is -2.19. The molecular formula is C23H3F12N5. The van der Waals surface area contributed by atoms with Crippen molar-refractivity contribution in [1.29, 1.82) is 26.3 Å². The zero-order valence-electron chi connectivity index (χ0n) is 18.5. The Morgan fingerprint density at radius 2 is 0.950 bits per heavy atom. The molecule has 5 nitrogen and oxygen atoms in total. The van der Waals surface area contributed by atoms with Crippen LogP contribution in [0.4, 0.5) is 52.7 Å². The van der Waals surface area contributed by atoms with Crippen LogP contribution in [0.25, 0.3) is 11.1 Å². The zero-order chi connectivity index (χ0) is 31.0. The van der Waals surface area contributed by atoms with Crippen molar-refractivity contribution in [3.05, 3.63) is 67.6 Å². The molecule has 204 valence electrons. The maximum Gasteiger partial charge on any atom is 0.418 e. The van der Waals surface area contributed by atoms with E-state index in [0.717, 1.165) is 18.2 Å². The van der Waals surface area contributed by atoms with E-state index in [1.807, 2.05) is 0 Å². The highest BCUT2D eigenvalue weighted by atomic mass is 19.4. The van der Waals surface area contributed by atoms with E-state index in [-0.39, 0.29) is 12.1 Å². The molecule has 0 N–H and O–H groups in total. The Morgan fingerprint density at radius 1 is 0.525 bits per heavy atom. The van der Waals surface area contributed by atoms with E-state index in [0.29, 0.717) is 12.1 Å². The summed E-state index contributed by atoms with van der Waals surface area (Å²) in [4.78, 5) is 0. The summed E-state index contributed by atoms with van der Waals surface area (Å²) in [7, 11) is 0. The molecule has 0 saturated heterocycles. The first-order valence-corrected chi connectivity index (χ1v) is 9.62. The quantitative estimate of drug-likeness (QED) is 0.419. The van der Waals surface area contributed by atoms with Crippen molar-refractivity contribution in [2.45, 2.75) is 24.7 Å². The molecule has 17 heteroatoms. The molecule has 0 aliphatic heterocycles. The van der Waals surface area contributed by atoms with Gasteiger partial charge in [-0.3, -0.25) is 0 Å². The van der Waals surface area contributed by atoms with Gasteiger partial charge in [0.2, 0.25) is 0 Å². The molecule has 0 unspecified atom stereocenters. The third-order valence-corrected chi connectivity index (χ3v) is 5.03. The molecule has 0 fully saturated rings. The van der Waals surface area contributed by atoms with E-state index in [1.54, 1.807) is 0 Å². The molecule has 0 radical (unpaired) electrons. The predicted molar refractivity (Wildman–Crippen MR) is 104 cm³/mol. The summed E-state index contributed by atoms with van der Waals surface area (Å²) in [6.07, 6.45) is -23.2. The minimum Gasteiger partial charge on any atom is -0.192 e. The summed E-state index contributed by atoms with van der Waals surface area (Å²) in [5, 5.41) is 41.9. The first kappa shape index (κ1) is 31.0. The normalized spacial score (nSPS) is 12.8. The molecule has 0 aliphatic rings. The third-order valence-electron chi connectivity index (χ3n) is 5.03. The molecule has 2 aromatic carbocycles. The Kier molecular flexibility index (Phi) is 7.88. The van der Waals surface area contributed by atoms with Gasteiger partial charge in [0.25, 0.3) is 0 Å². The van der Waals surface area contributed by atoms with E-state index in [4.69, 9.17) is 15.8 Å². The largest absolute Gasteiger partial charge is 0.418 e. The molecule has 0 saturated carbocycles. The molecule has 0 amide bonds. The molecule has 2 aromatic rings. The molecule has 0 heterocycles. The molecule has 0 aromatic heterocycles. The first-order valence-electron chi connectivity index (χ1n) is 9.62. The predicted octanol–water partition coefficient (Wildman–Crippen LogP) is 5.43. The number of rotatable bonds is 1. The number of benzene rings is 2. The van der Waals surface area contributed by atoms with Crippen LogP contribution in [0.5, 0.6) is 0 Å². The smallest absolute Gasteiger partial charge is 0.192 e. The van der Waals surface area contributed by atoms with Gasteiger partial charge in [-0.15, -0.1) is 0 Å². The monoisotopic (exact) mass is 577 g/mol. The molecule has 2 rings (SSSR count). The molecule has 0 bridgehead atoms. The Bertz CT molecular complexity index is 1690. The molecule has 0 atom stereocenters. The second-order valence-electron chi connectivity index (χ2n) is 7.34. The zero-order valence-corrected chi connectivity index (χ0v) is 18.5. The van der Waals surface area contributed by atoms with Gasteiger partial charge in [0.15, 0.2) is 0 Å². The van der Waals surface area contributed by atoms with Crippen molar-refractivity contribution < 1.29 is 52.7 Å². The van der Waals surface area contributed by atoms with Crippen LogP contribution in [0, 0.1) is 56.7 Å². The molecular weight excluding hydrogens is 574 g/mol. The highest BCUT2D eigenvalue weighted by molar-refractivity contribution is 5.81. The third kappa shape index (κ3) is 5.62. The lowest BCUT2D eigenvalue weighted by Crippen LogP contribution is -2.35. The van der Waals surface area contributed by atoms with Crippen molar-refractivity contribution in [2.75, 3.05) is 0 Å². The lowest BCUT2D eigenvalue weighted by atomic mass is 9.89. The van der Waals surface area contributed by atoms with Crippen LogP contribution in [0.15, 0.2) is 18.2 Å². The van der Waals surface area contributed by atoms with Crippen LogP contribution < -0.4 is 10.4 Å². The number of alkyl halides is 12. The van der Waals surface area contributed by atoms with Crippen LogP contribution in [0.3, 0.4) is 0 Å². The van der Waals surface area contributed by atoms with E-state index >= 15 is 0 Å². The van der Waals surface area contributed by atoms with Gasteiger partial charge >= 0.3 is 24.7 Å². The SMILES string of the molecule is N#CC(C#N)=c1cc(C(F)(F)F)/c(=C(/C#N)c2cc(C(F)(F)F)c(C#N)c(C(F)(F)F)c2)c(C#N)c1C(F)(F)F. The lowest BCUT2D eigenvalue weighted by molar-refractivity contribution is -0.143. The molecule has 0 spiro atoms. The van der Waals surface area contributed by atoms with Crippen molar-refractivity contribution in [3.63, 3.8) is 0 Å². The Morgan fingerprint density at radius 3 is 1.25 bits per heavy atom. The van der Waals surface area contributed by atoms with E-state index < -0.39 is 91.3 Å². The van der Waals surface area contributed by atoms with Crippen LogP contribution in [0.1, 0.15) is 38.9 Å². The maximum atomic E-state index is 14.0. The van der Waals surface area contributed by atoms with Gasteiger partial charge in [-0.05, 0) is 23.8 Å². The van der Waals surface area contributed by atoms with Gasteiger partial charge in [-0.1, -0.05) is 0 Å². The van der Waals surface area contributed by atoms with Crippen LogP contribution in [-0.2, 0) is 24.7 Å². The van der Waals surface area contributed by atoms with Crippen molar-refractivity contribution in [3.8, 4) is 30.3 Å². The summed E-state index contributed by atoms with van der Waals surface area (Å²) in [5.74, 6) is 0. The summed E-state index contributed by atoms with van der Waals surface area (Å²) < 4.78 is 165. The number of nitriles is 5. The van der Waals surface area contributed by atoms with Gasteiger partial charge in [0, 0.05) is 10.4 Å². The number of hydrogen-bond acceptors (Lipinski definition) is 5. The van der Waals surface area contributed by atoms with Crippen molar-refractivity contribution in [2.24, 2.45) is 0 Å². The second kappa shape index (κ2) is 10.2. The highest BCUT2D eigenvalue weighted by Gasteiger charge is 2.44. The van der Waals surface area contributed by atoms with Gasteiger partial charge < -0.3 is 0 Å². The van der Waals surface area contributed by atoms with Crippen LogP contribution in [-0.4, -0.2) is 0 Å². The average Bonchev–Trinajstić information content (AvgIpc) is 2.82. The fraction of sp³-hybridized carbons (Fsp3) is 0.174. The van der Waals surface area contributed by atoms with Crippen molar-refractivity contribution in [1.82, 2.24) is 0 Å². The number of halogens is 12. The van der Waals surface area contributed by atoms with E-state index in [9.17, 15) is 63.2 Å². The Balaban J connectivity index is 3.59. The van der Waals surface area contributed by atoms with Crippen molar-refractivity contribution >= 4 is 11.1 Å². The summed E-state index contributed by atoms with van der Waals surface area (Å²) >= 11 is 0. The van der Waals surface area contributed by atoms with E-state index in [1.165, 1.54) is 0 Å². The minimum absolute atomic E-state index is 0.364. The van der Waals surface area contributed by atoms with E-state index in [2.05, 4.69) is 0 Å². The topological polar surface area (TPSA) is 119 Å². The second-order valence-corrected chi connectivity index (χ2v) is 7.34. The molecule has 0 aliphatic carbocycles. The minimum atomic E-state index is -5.84. The Hall–Kier alpha value is -5.21.